The summed E-state index contributed by atoms with van der Waals surface area (Å²) in [4.78, 5) is 28.2. The second-order valence-electron chi connectivity index (χ2n) is 3.98. The Bertz CT molecular complexity index is 697. The molecule has 19 heavy (non-hydrogen) atoms. The fraction of sp³-hybridized carbons (Fsp3) is 0.154. The number of aromatic nitrogens is 2. The molecule has 1 heterocycles. The summed E-state index contributed by atoms with van der Waals surface area (Å²) in [5.41, 5.74) is 0.854. The fourth-order valence-corrected chi connectivity index (χ4v) is 2.28. The molecule has 0 amide bonds. The third-order valence-electron chi connectivity index (χ3n) is 2.65. The molecule has 0 saturated carbocycles. The summed E-state index contributed by atoms with van der Waals surface area (Å²) in [6.45, 7) is 1.69. The van der Waals surface area contributed by atoms with Gasteiger partial charge in [0.1, 0.15) is 0 Å². The maximum Gasteiger partial charge on any atom is 0.267 e. The van der Waals surface area contributed by atoms with E-state index in [4.69, 9.17) is 11.6 Å². The Kier molecular flexibility index (Phi) is 4.36. The van der Waals surface area contributed by atoms with E-state index in [0.717, 1.165) is 0 Å². The molecular formula is C13H10ClIN2O2. The van der Waals surface area contributed by atoms with Crippen molar-refractivity contribution < 1.29 is 4.79 Å². The highest BCUT2D eigenvalue weighted by atomic mass is 127. The van der Waals surface area contributed by atoms with Gasteiger partial charge in [-0.2, -0.15) is 0 Å². The average Bonchev–Trinajstić information content (AvgIpc) is 2.40. The molecule has 0 radical (unpaired) electrons. The Labute approximate surface area is 128 Å². The molecule has 0 atom stereocenters. The average molecular weight is 389 g/mol. The quantitative estimate of drug-likeness (QED) is 0.600. The van der Waals surface area contributed by atoms with Crippen LogP contribution in [0.1, 0.15) is 16.1 Å². The lowest BCUT2D eigenvalue weighted by molar-refractivity contribution is 0.0970. The highest BCUT2D eigenvalue weighted by Gasteiger charge is 2.13. The Morgan fingerprint density at radius 1 is 1.42 bits per heavy atom. The largest absolute Gasteiger partial charge is 0.292 e. The molecule has 0 N–H and O–H groups in total. The van der Waals surface area contributed by atoms with E-state index in [1.165, 1.54) is 10.9 Å². The van der Waals surface area contributed by atoms with Gasteiger partial charge in [-0.3, -0.25) is 14.2 Å². The highest BCUT2D eigenvalue weighted by molar-refractivity contribution is 14.1. The molecule has 0 bridgehead atoms. The molecule has 0 aliphatic heterocycles. The van der Waals surface area contributed by atoms with E-state index in [1.54, 1.807) is 31.2 Å². The SMILES string of the molecule is Cc1ncn(CC(=O)c2ccccc2Cl)c(=O)c1I. The first kappa shape index (κ1) is 14.2. The Hall–Kier alpha value is -1.21. The fourth-order valence-electron chi connectivity index (χ4n) is 1.59. The van der Waals surface area contributed by atoms with Gasteiger partial charge in [0.2, 0.25) is 0 Å². The van der Waals surface area contributed by atoms with E-state index in [2.05, 4.69) is 4.98 Å². The maximum atomic E-state index is 12.1. The van der Waals surface area contributed by atoms with Gasteiger partial charge in [0.05, 0.1) is 27.2 Å². The summed E-state index contributed by atoms with van der Waals surface area (Å²) in [6.07, 6.45) is 1.38. The van der Waals surface area contributed by atoms with Gasteiger partial charge in [-0.1, -0.05) is 23.7 Å². The van der Waals surface area contributed by atoms with Crippen LogP contribution in [0.2, 0.25) is 5.02 Å². The van der Waals surface area contributed by atoms with Gasteiger partial charge >= 0.3 is 0 Å². The number of carbonyl (C=O) groups excluding carboxylic acids is 1. The van der Waals surface area contributed by atoms with Crippen LogP contribution in [-0.2, 0) is 6.54 Å². The normalized spacial score (nSPS) is 10.5. The molecule has 98 valence electrons. The van der Waals surface area contributed by atoms with Crippen LogP contribution in [0.25, 0.3) is 0 Å². The van der Waals surface area contributed by atoms with Crippen molar-refractivity contribution in [1.29, 1.82) is 0 Å². The molecule has 0 fully saturated rings. The number of hydrogen-bond acceptors (Lipinski definition) is 3. The van der Waals surface area contributed by atoms with E-state index in [1.807, 2.05) is 22.6 Å². The highest BCUT2D eigenvalue weighted by Crippen LogP contribution is 2.15. The predicted octanol–water partition coefficient (Wildman–Crippen LogP) is 2.69. The van der Waals surface area contributed by atoms with Gasteiger partial charge in [-0.05, 0) is 41.6 Å². The number of hydrogen-bond donors (Lipinski definition) is 0. The minimum absolute atomic E-state index is 0.0636. The number of ketones is 1. The lowest BCUT2D eigenvalue weighted by Crippen LogP contribution is -2.27. The van der Waals surface area contributed by atoms with Crippen LogP contribution in [0.4, 0.5) is 0 Å². The summed E-state index contributed by atoms with van der Waals surface area (Å²) >= 11 is 7.89. The van der Waals surface area contributed by atoms with E-state index in [0.29, 0.717) is 19.9 Å². The van der Waals surface area contributed by atoms with Crippen molar-refractivity contribution >= 4 is 40.0 Å². The Morgan fingerprint density at radius 3 is 2.79 bits per heavy atom. The van der Waals surface area contributed by atoms with Crippen LogP contribution in [0.15, 0.2) is 35.4 Å². The third-order valence-corrected chi connectivity index (χ3v) is 4.22. The van der Waals surface area contributed by atoms with Crippen LogP contribution in [0, 0.1) is 10.5 Å². The molecular weight excluding hydrogens is 379 g/mol. The standard InChI is InChI=1S/C13H10ClIN2O2/c1-8-12(15)13(19)17(7-16-8)6-11(18)9-4-2-3-5-10(9)14/h2-5,7H,6H2,1H3. The van der Waals surface area contributed by atoms with Crippen LogP contribution >= 0.6 is 34.2 Å². The van der Waals surface area contributed by atoms with Crippen molar-refractivity contribution in [3.8, 4) is 0 Å². The molecule has 6 heteroatoms. The monoisotopic (exact) mass is 388 g/mol. The van der Waals surface area contributed by atoms with Gasteiger partial charge in [0, 0.05) is 5.56 Å². The van der Waals surface area contributed by atoms with Gasteiger partial charge < -0.3 is 0 Å². The smallest absolute Gasteiger partial charge is 0.267 e. The molecule has 0 unspecified atom stereocenters. The van der Waals surface area contributed by atoms with Gasteiger partial charge in [-0.15, -0.1) is 0 Å². The number of aryl methyl sites for hydroxylation is 1. The first-order valence-corrected chi connectivity index (χ1v) is 6.95. The van der Waals surface area contributed by atoms with Crippen molar-refractivity contribution in [2.24, 2.45) is 0 Å². The van der Waals surface area contributed by atoms with Gasteiger partial charge in [-0.25, -0.2) is 4.98 Å². The molecule has 4 nitrogen and oxygen atoms in total. The van der Waals surface area contributed by atoms with E-state index in [9.17, 15) is 9.59 Å². The Balaban J connectivity index is 2.33. The lowest BCUT2D eigenvalue weighted by Gasteiger charge is -2.07. The molecule has 0 aliphatic rings. The molecule has 0 aliphatic carbocycles. The molecule has 2 aromatic rings. The van der Waals surface area contributed by atoms with Crippen molar-refractivity contribution in [3.05, 3.63) is 60.8 Å². The summed E-state index contributed by atoms with van der Waals surface area (Å²) in [5, 5.41) is 0.385. The number of nitrogens with zero attached hydrogens (tertiary/aromatic N) is 2. The molecule has 0 spiro atoms. The summed E-state index contributed by atoms with van der Waals surface area (Å²) < 4.78 is 1.81. The number of benzene rings is 1. The van der Waals surface area contributed by atoms with Crippen LogP contribution in [0.3, 0.4) is 0 Å². The zero-order valence-electron chi connectivity index (χ0n) is 10.1. The Morgan fingerprint density at radius 2 is 2.11 bits per heavy atom. The predicted molar refractivity (Wildman–Crippen MR) is 81.7 cm³/mol. The number of halogens is 2. The minimum Gasteiger partial charge on any atom is -0.292 e. The topological polar surface area (TPSA) is 52.0 Å². The first-order chi connectivity index (χ1) is 9.00. The number of carbonyl (C=O) groups is 1. The van der Waals surface area contributed by atoms with E-state index >= 15 is 0 Å². The van der Waals surface area contributed by atoms with E-state index in [-0.39, 0.29) is 17.9 Å². The van der Waals surface area contributed by atoms with Gasteiger partial charge in [0.15, 0.2) is 5.78 Å². The molecule has 2 rings (SSSR count). The lowest BCUT2D eigenvalue weighted by atomic mass is 10.1. The molecule has 0 saturated heterocycles. The zero-order valence-corrected chi connectivity index (χ0v) is 13.0. The van der Waals surface area contributed by atoms with Crippen LogP contribution < -0.4 is 5.56 Å². The van der Waals surface area contributed by atoms with Gasteiger partial charge in [0.25, 0.3) is 5.56 Å². The minimum atomic E-state index is -0.214. The number of rotatable bonds is 3. The van der Waals surface area contributed by atoms with Crippen molar-refractivity contribution in [2.75, 3.05) is 0 Å². The second-order valence-corrected chi connectivity index (χ2v) is 5.47. The van der Waals surface area contributed by atoms with Crippen molar-refractivity contribution in [1.82, 2.24) is 9.55 Å². The third kappa shape index (κ3) is 3.03. The summed E-state index contributed by atoms with van der Waals surface area (Å²) in [5.74, 6) is -0.214. The maximum absolute atomic E-state index is 12.1. The summed E-state index contributed by atoms with van der Waals surface area (Å²) in [7, 11) is 0. The first-order valence-electron chi connectivity index (χ1n) is 5.50. The van der Waals surface area contributed by atoms with Crippen molar-refractivity contribution in [2.45, 2.75) is 13.5 Å². The summed E-state index contributed by atoms with van der Waals surface area (Å²) in [6, 6.07) is 6.78. The molecule has 1 aromatic heterocycles. The molecule has 1 aromatic carbocycles. The van der Waals surface area contributed by atoms with Crippen LogP contribution in [0.5, 0.6) is 0 Å². The second kappa shape index (κ2) is 5.83. The van der Waals surface area contributed by atoms with Crippen molar-refractivity contribution in [3.63, 3.8) is 0 Å². The zero-order chi connectivity index (χ0) is 14.0. The number of Topliss-reactive ketones (excluding diaryl/α,β-unsaturated/α-hetero) is 1. The van der Waals surface area contributed by atoms with Crippen LogP contribution in [-0.4, -0.2) is 15.3 Å². The van der Waals surface area contributed by atoms with E-state index < -0.39 is 0 Å².